The number of anilines is 1. The smallest absolute Gasteiger partial charge is 0.273 e. The third-order valence-electron chi connectivity index (χ3n) is 2.60. The van der Waals surface area contributed by atoms with Crippen molar-refractivity contribution in [1.82, 2.24) is 9.78 Å². The van der Waals surface area contributed by atoms with Crippen LogP contribution < -0.4 is 11.1 Å². The van der Waals surface area contributed by atoms with Crippen LogP contribution in [0.25, 0.3) is 0 Å². The summed E-state index contributed by atoms with van der Waals surface area (Å²) in [4.78, 5) is 12.0. The van der Waals surface area contributed by atoms with E-state index in [4.69, 9.17) is 5.73 Å². The van der Waals surface area contributed by atoms with Gasteiger partial charge in [0.15, 0.2) is 0 Å². The van der Waals surface area contributed by atoms with Crippen molar-refractivity contribution < 1.29 is 9.18 Å². The monoisotopic (exact) mass is 272 g/mol. The number of hydrogen-bond donors (Lipinski definition) is 2. The molecule has 20 heavy (non-hydrogen) atoms. The lowest BCUT2D eigenvalue weighted by atomic mass is 10.2. The predicted molar refractivity (Wildman–Crippen MR) is 73.5 cm³/mol. The fourth-order valence-electron chi connectivity index (χ4n) is 1.64. The highest BCUT2D eigenvalue weighted by atomic mass is 19.1. The summed E-state index contributed by atoms with van der Waals surface area (Å²) in [6.07, 6.45) is 1.53. The Kier molecular flexibility index (Phi) is 4.13. The first-order valence-electron chi connectivity index (χ1n) is 5.89. The molecule has 1 aromatic heterocycles. The number of nitrogens with two attached hydrogens (primary N) is 1. The van der Waals surface area contributed by atoms with E-state index in [-0.39, 0.29) is 18.0 Å². The molecule has 2 rings (SSSR count). The number of aryl methyl sites for hydroxylation is 1. The number of nitrogens with one attached hydrogen (secondary N) is 1. The van der Waals surface area contributed by atoms with Gasteiger partial charge in [-0.15, -0.1) is 0 Å². The van der Waals surface area contributed by atoms with Gasteiger partial charge in [0.05, 0.1) is 12.1 Å². The molecule has 0 atom stereocenters. The van der Waals surface area contributed by atoms with Gasteiger partial charge >= 0.3 is 0 Å². The third-order valence-corrected chi connectivity index (χ3v) is 2.60. The summed E-state index contributed by atoms with van der Waals surface area (Å²) in [5.74, 6) is 4.41. The molecule has 3 N–H and O–H groups in total. The minimum Gasteiger partial charge on any atom is -0.321 e. The molecule has 0 fully saturated rings. The molecule has 102 valence electrons. The molecule has 0 bridgehead atoms. The second kappa shape index (κ2) is 5.99. The largest absolute Gasteiger partial charge is 0.321 e. The molecule has 6 heteroatoms. The molecule has 0 aliphatic rings. The SMILES string of the molecule is Cn1nccc1C(=O)Nc1ccc(F)c(C#CCN)c1. The Morgan fingerprint density at radius 2 is 2.30 bits per heavy atom. The summed E-state index contributed by atoms with van der Waals surface area (Å²) in [6, 6.07) is 5.77. The highest BCUT2D eigenvalue weighted by molar-refractivity contribution is 6.03. The summed E-state index contributed by atoms with van der Waals surface area (Å²) in [5.41, 5.74) is 6.31. The minimum atomic E-state index is -0.454. The van der Waals surface area contributed by atoms with Crippen LogP contribution >= 0.6 is 0 Å². The van der Waals surface area contributed by atoms with E-state index in [0.29, 0.717) is 11.4 Å². The van der Waals surface area contributed by atoms with Gasteiger partial charge in [0.2, 0.25) is 0 Å². The first-order chi connectivity index (χ1) is 9.61. The van der Waals surface area contributed by atoms with Gasteiger partial charge in [0, 0.05) is 18.9 Å². The van der Waals surface area contributed by atoms with Crippen molar-refractivity contribution in [1.29, 1.82) is 0 Å². The number of amides is 1. The standard InChI is InChI=1S/C14H13FN4O/c1-19-13(6-8-17-19)14(20)18-11-4-5-12(15)10(9-11)3-2-7-16/h4-6,8-9H,7,16H2,1H3,(H,18,20). The number of benzene rings is 1. The average Bonchev–Trinajstić information content (AvgIpc) is 2.85. The van der Waals surface area contributed by atoms with E-state index in [2.05, 4.69) is 22.3 Å². The zero-order valence-electron chi connectivity index (χ0n) is 10.9. The van der Waals surface area contributed by atoms with Gasteiger partial charge in [-0.1, -0.05) is 11.8 Å². The van der Waals surface area contributed by atoms with E-state index in [9.17, 15) is 9.18 Å². The van der Waals surface area contributed by atoms with E-state index in [1.165, 1.54) is 29.1 Å². The van der Waals surface area contributed by atoms with Gasteiger partial charge < -0.3 is 11.1 Å². The molecule has 0 radical (unpaired) electrons. The molecule has 0 aliphatic carbocycles. The van der Waals surface area contributed by atoms with Crippen LogP contribution in [-0.4, -0.2) is 22.2 Å². The molecule has 0 saturated carbocycles. The van der Waals surface area contributed by atoms with Crippen molar-refractivity contribution >= 4 is 11.6 Å². The number of carbonyl (C=O) groups excluding carboxylic acids is 1. The Balaban J connectivity index is 2.22. The van der Waals surface area contributed by atoms with Crippen molar-refractivity contribution in [3.8, 4) is 11.8 Å². The summed E-state index contributed by atoms with van der Waals surface area (Å²) in [7, 11) is 1.66. The summed E-state index contributed by atoms with van der Waals surface area (Å²) >= 11 is 0. The maximum atomic E-state index is 13.5. The van der Waals surface area contributed by atoms with Crippen molar-refractivity contribution in [2.45, 2.75) is 0 Å². The second-order valence-corrected chi connectivity index (χ2v) is 3.99. The minimum absolute atomic E-state index is 0.144. The molecule has 2 aromatic rings. The highest BCUT2D eigenvalue weighted by Crippen LogP contribution is 2.15. The van der Waals surface area contributed by atoms with E-state index >= 15 is 0 Å². The molecule has 0 saturated heterocycles. The lowest BCUT2D eigenvalue weighted by Crippen LogP contribution is -2.16. The fourth-order valence-corrected chi connectivity index (χ4v) is 1.64. The summed E-state index contributed by atoms with van der Waals surface area (Å²) < 4.78 is 15.0. The van der Waals surface area contributed by atoms with E-state index in [1.807, 2.05) is 0 Å². The maximum absolute atomic E-state index is 13.5. The number of aromatic nitrogens is 2. The number of rotatable bonds is 2. The van der Waals surface area contributed by atoms with Crippen molar-refractivity contribution in [3.05, 3.63) is 47.5 Å². The molecule has 1 heterocycles. The summed E-state index contributed by atoms with van der Waals surface area (Å²) in [5, 5.41) is 6.57. The van der Waals surface area contributed by atoms with Gasteiger partial charge in [0.25, 0.3) is 5.91 Å². The zero-order valence-corrected chi connectivity index (χ0v) is 10.9. The molecular weight excluding hydrogens is 259 g/mol. The topological polar surface area (TPSA) is 72.9 Å². The van der Waals surface area contributed by atoms with Crippen molar-refractivity contribution in [2.75, 3.05) is 11.9 Å². The highest BCUT2D eigenvalue weighted by Gasteiger charge is 2.10. The Morgan fingerprint density at radius 3 is 2.95 bits per heavy atom. The molecule has 0 aliphatic heterocycles. The Morgan fingerprint density at radius 1 is 1.50 bits per heavy atom. The lowest BCUT2D eigenvalue weighted by Gasteiger charge is -2.06. The zero-order chi connectivity index (χ0) is 14.5. The third kappa shape index (κ3) is 3.02. The van der Waals surface area contributed by atoms with Crippen LogP contribution in [0.15, 0.2) is 30.5 Å². The van der Waals surface area contributed by atoms with Gasteiger partial charge in [0.1, 0.15) is 11.5 Å². The molecule has 1 amide bonds. The van der Waals surface area contributed by atoms with Crippen LogP contribution in [0.5, 0.6) is 0 Å². The van der Waals surface area contributed by atoms with Gasteiger partial charge in [-0.3, -0.25) is 9.48 Å². The van der Waals surface area contributed by atoms with Crippen LogP contribution in [0.3, 0.4) is 0 Å². The molecule has 0 unspecified atom stereocenters. The van der Waals surface area contributed by atoms with Crippen molar-refractivity contribution in [2.24, 2.45) is 12.8 Å². The average molecular weight is 272 g/mol. The van der Waals surface area contributed by atoms with Crippen LogP contribution in [-0.2, 0) is 7.05 Å². The first kappa shape index (κ1) is 13.8. The molecule has 0 spiro atoms. The van der Waals surface area contributed by atoms with E-state index in [0.717, 1.165) is 0 Å². The fraction of sp³-hybridized carbons (Fsp3) is 0.143. The van der Waals surface area contributed by atoms with Gasteiger partial charge in [-0.25, -0.2) is 4.39 Å². The second-order valence-electron chi connectivity index (χ2n) is 3.99. The number of hydrogen-bond acceptors (Lipinski definition) is 3. The molecular formula is C14H13FN4O. The van der Waals surface area contributed by atoms with E-state index < -0.39 is 5.82 Å². The van der Waals surface area contributed by atoms with Crippen LogP contribution in [0.4, 0.5) is 10.1 Å². The Hall–Kier alpha value is -2.65. The lowest BCUT2D eigenvalue weighted by molar-refractivity contribution is 0.101. The van der Waals surface area contributed by atoms with Gasteiger partial charge in [-0.05, 0) is 24.3 Å². The maximum Gasteiger partial charge on any atom is 0.273 e. The molecule has 1 aromatic carbocycles. The normalized spacial score (nSPS) is 9.75. The van der Waals surface area contributed by atoms with Crippen LogP contribution in [0, 0.1) is 17.7 Å². The van der Waals surface area contributed by atoms with Gasteiger partial charge in [-0.2, -0.15) is 5.10 Å². The Labute approximate surface area is 115 Å². The van der Waals surface area contributed by atoms with E-state index in [1.54, 1.807) is 13.1 Å². The quantitative estimate of drug-likeness (QED) is 0.805. The van der Waals surface area contributed by atoms with Crippen LogP contribution in [0.2, 0.25) is 0 Å². The predicted octanol–water partition coefficient (Wildman–Crippen LogP) is 1.12. The first-order valence-corrected chi connectivity index (χ1v) is 5.89. The Bertz CT molecular complexity index is 697. The number of carbonyl (C=O) groups is 1. The van der Waals surface area contributed by atoms with Crippen LogP contribution in [0.1, 0.15) is 16.1 Å². The molecule has 5 nitrogen and oxygen atoms in total. The number of halogens is 1. The number of nitrogens with zero attached hydrogens (tertiary/aromatic N) is 2. The summed E-state index contributed by atoms with van der Waals surface area (Å²) in [6.45, 7) is 0.144. The van der Waals surface area contributed by atoms with Crippen molar-refractivity contribution in [3.63, 3.8) is 0 Å².